The molecule has 0 aliphatic carbocycles. The van der Waals surface area contributed by atoms with Gasteiger partial charge in [-0.05, 0) is 61.7 Å². The molecular formula is C33H37N7O. The smallest absolute Gasteiger partial charge is 0.254 e. The Labute approximate surface area is 241 Å². The number of H-pyrrole nitrogens is 1. The third-order valence-electron chi connectivity index (χ3n) is 8.73. The molecule has 2 aliphatic heterocycles. The van der Waals surface area contributed by atoms with Crippen LogP contribution in [0.4, 0.5) is 11.4 Å². The molecule has 4 aromatic rings. The number of para-hydroxylation sites is 2. The van der Waals surface area contributed by atoms with Crippen LogP contribution in [0, 0.1) is 25.2 Å². The molecule has 6 rings (SSSR count). The van der Waals surface area contributed by atoms with Gasteiger partial charge in [0.05, 0.1) is 28.7 Å². The number of carbonyl (C=O) groups is 1. The molecule has 0 saturated carbocycles. The fourth-order valence-electron chi connectivity index (χ4n) is 6.38. The molecule has 0 unspecified atom stereocenters. The normalized spacial score (nSPS) is 18.1. The monoisotopic (exact) mass is 547 g/mol. The Bertz CT molecular complexity index is 1610. The predicted octanol–water partition coefficient (Wildman–Crippen LogP) is 4.72. The predicted molar refractivity (Wildman–Crippen MR) is 163 cm³/mol. The number of anilines is 2. The van der Waals surface area contributed by atoms with Crippen molar-refractivity contribution >= 4 is 28.2 Å². The molecule has 8 heteroatoms. The second-order valence-electron chi connectivity index (χ2n) is 11.4. The maximum atomic E-state index is 13.9. The number of aromatic amines is 1. The number of hydrogen-bond donors (Lipinski definition) is 1. The molecule has 0 radical (unpaired) electrons. The number of carbonyl (C=O) groups excluding carboxylic acids is 1. The van der Waals surface area contributed by atoms with E-state index in [0.717, 1.165) is 84.8 Å². The standard InChI is InChI=1S/C33H37N7O/c1-23-17-24(2)29(18-28(23)22-37-11-13-38(14-12-37)30-9-5-4-7-26(30)19-34)33(41)40-16-15-39(21-25(40)3)31-10-6-8-27-20-35-36-32(27)31/h4-10,17-18,20,25H,11-16,21-22H2,1-3H3,(H,35,36)/t25-/m0/s1. The summed E-state index contributed by atoms with van der Waals surface area (Å²) in [6.45, 7) is 13.0. The van der Waals surface area contributed by atoms with E-state index in [9.17, 15) is 10.1 Å². The minimum absolute atomic E-state index is 0.0861. The van der Waals surface area contributed by atoms with E-state index in [2.05, 4.69) is 82.1 Å². The molecule has 210 valence electrons. The summed E-state index contributed by atoms with van der Waals surface area (Å²) < 4.78 is 0. The third kappa shape index (κ3) is 5.25. The van der Waals surface area contributed by atoms with Crippen LogP contribution in [0.15, 0.2) is 60.8 Å². The summed E-state index contributed by atoms with van der Waals surface area (Å²) in [6, 6.07) is 20.8. The molecule has 1 N–H and O–H groups in total. The number of nitrogens with zero attached hydrogens (tertiary/aromatic N) is 6. The Hall–Kier alpha value is -4.35. The van der Waals surface area contributed by atoms with Crippen molar-refractivity contribution in [2.45, 2.75) is 33.4 Å². The molecule has 1 aromatic heterocycles. The van der Waals surface area contributed by atoms with Crippen molar-refractivity contribution in [3.63, 3.8) is 0 Å². The quantitative estimate of drug-likeness (QED) is 0.389. The first-order valence-electron chi connectivity index (χ1n) is 14.5. The van der Waals surface area contributed by atoms with Gasteiger partial charge >= 0.3 is 0 Å². The molecule has 3 heterocycles. The lowest BCUT2D eigenvalue weighted by molar-refractivity contribution is 0.0673. The zero-order chi connectivity index (χ0) is 28.5. The first-order chi connectivity index (χ1) is 19.9. The number of fused-ring (bicyclic) bond motifs is 1. The molecule has 41 heavy (non-hydrogen) atoms. The van der Waals surface area contributed by atoms with Gasteiger partial charge in [-0.15, -0.1) is 0 Å². The van der Waals surface area contributed by atoms with Crippen LogP contribution in [-0.2, 0) is 6.54 Å². The molecule has 2 fully saturated rings. The minimum atomic E-state index is 0.0861. The second kappa shape index (κ2) is 11.3. The van der Waals surface area contributed by atoms with E-state index in [1.807, 2.05) is 35.4 Å². The molecular weight excluding hydrogens is 510 g/mol. The fourth-order valence-corrected chi connectivity index (χ4v) is 6.38. The first-order valence-corrected chi connectivity index (χ1v) is 14.5. The van der Waals surface area contributed by atoms with Crippen molar-refractivity contribution in [1.82, 2.24) is 20.0 Å². The lowest BCUT2D eigenvalue weighted by Crippen LogP contribution is -2.54. The average Bonchev–Trinajstić information content (AvgIpc) is 3.48. The van der Waals surface area contributed by atoms with E-state index < -0.39 is 0 Å². The molecule has 2 saturated heterocycles. The summed E-state index contributed by atoms with van der Waals surface area (Å²) in [5, 5.41) is 18.0. The number of benzene rings is 3. The zero-order valence-corrected chi connectivity index (χ0v) is 24.1. The number of nitriles is 1. The maximum Gasteiger partial charge on any atom is 0.254 e. The number of aromatic nitrogens is 2. The van der Waals surface area contributed by atoms with Crippen molar-refractivity contribution < 1.29 is 4.79 Å². The van der Waals surface area contributed by atoms with Gasteiger partial charge in [0.15, 0.2) is 0 Å². The molecule has 3 aromatic carbocycles. The van der Waals surface area contributed by atoms with Gasteiger partial charge in [0.2, 0.25) is 0 Å². The molecule has 1 amide bonds. The van der Waals surface area contributed by atoms with E-state index in [4.69, 9.17) is 0 Å². The molecule has 8 nitrogen and oxygen atoms in total. The molecule has 0 spiro atoms. The summed E-state index contributed by atoms with van der Waals surface area (Å²) in [5.41, 5.74) is 8.21. The van der Waals surface area contributed by atoms with Gasteiger partial charge in [0, 0.05) is 69.3 Å². The van der Waals surface area contributed by atoms with Gasteiger partial charge in [0.1, 0.15) is 6.07 Å². The van der Waals surface area contributed by atoms with E-state index >= 15 is 0 Å². The first kappa shape index (κ1) is 26.9. The SMILES string of the molecule is Cc1cc(C)c(C(=O)N2CCN(c3cccc4cn[nH]c34)C[C@@H]2C)cc1CN1CCN(c2ccccc2C#N)CC1. The van der Waals surface area contributed by atoms with Crippen LogP contribution in [-0.4, -0.2) is 77.8 Å². The number of rotatable bonds is 5. The van der Waals surface area contributed by atoms with Crippen LogP contribution in [0.5, 0.6) is 0 Å². The largest absolute Gasteiger partial charge is 0.368 e. The highest BCUT2D eigenvalue weighted by Gasteiger charge is 2.30. The zero-order valence-electron chi connectivity index (χ0n) is 24.1. The lowest BCUT2D eigenvalue weighted by atomic mass is 9.97. The summed E-state index contributed by atoms with van der Waals surface area (Å²) >= 11 is 0. The Morgan fingerprint density at radius 2 is 1.71 bits per heavy atom. The minimum Gasteiger partial charge on any atom is -0.368 e. The second-order valence-corrected chi connectivity index (χ2v) is 11.4. The van der Waals surface area contributed by atoms with E-state index in [1.165, 1.54) is 11.1 Å². The van der Waals surface area contributed by atoms with Crippen LogP contribution >= 0.6 is 0 Å². The number of aryl methyl sites for hydroxylation is 2. The van der Waals surface area contributed by atoms with E-state index in [-0.39, 0.29) is 11.9 Å². The van der Waals surface area contributed by atoms with Crippen molar-refractivity contribution in [2.24, 2.45) is 0 Å². The van der Waals surface area contributed by atoms with Gasteiger partial charge < -0.3 is 14.7 Å². The van der Waals surface area contributed by atoms with Gasteiger partial charge in [-0.25, -0.2) is 0 Å². The van der Waals surface area contributed by atoms with Crippen LogP contribution in [0.3, 0.4) is 0 Å². The fraction of sp³-hybridized carbons (Fsp3) is 0.364. The Morgan fingerprint density at radius 1 is 0.951 bits per heavy atom. The average molecular weight is 548 g/mol. The van der Waals surface area contributed by atoms with Gasteiger partial charge in [-0.1, -0.05) is 30.3 Å². The maximum absolute atomic E-state index is 13.9. The Balaban J connectivity index is 1.13. The highest BCUT2D eigenvalue weighted by atomic mass is 16.2. The third-order valence-corrected chi connectivity index (χ3v) is 8.73. The highest BCUT2D eigenvalue weighted by Crippen LogP contribution is 2.29. The van der Waals surface area contributed by atoms with Gasteiger partial charge in [-0.3, -0.25) is 14.8 Å². The van der Waals surface area contributed by atoms with Crippen molar-refractivity contribution in [3.8, 4) is 6.07 Å². The summed E-state index contributed by atoms with van der Waals surface area (Å²) in [6.07, 6.45) is 1.85. The Morgan fingerprint density at radius 3 is 2.49 bits per heavy atom. The van der Waals surface area contributed by atoms with Crippen molar-refractivity contribution in [2.75, 3.05) is 55.6 Å². The van der Waals surface area contributed by atoms with E-state index in [1.54, 1.807) is 0 Å². The van der Waals surface area contributed by atoms with E-state index in [0.29, 0.717) is 6.54 Å². The van der Waals surface area contributed by atoms with Crippen LogP contribution in [0.25, 0.3) is 10.9 Å². The van der Waals surface area contributed by atoms with Gasteiger partial charge in [-0.2, -0.15) is 10.4 Å². The highest BCUT2D eigenvalue weighted by molar-refractivity contribution is 5.96. The number of amides is 1. The van der Waals surface area contributed by atoms with Crippen LogP contribution < -0.4 is 9.80 Å². The number of hydrogen-bond acceptors (Lipinski definition) is 6. The molecule has 0 bridgehead atoms. The van der Waals surface area contributed by atoms with Gasteiger partial charge in [0.25, 0.3) is 5.91 Å². The van der Waals surface area contributed by atoms with Crippen molar-refractivity contribution in [3.05, 3.63) is 88.6 Å². The topological polar surface area (TPSA) is 82.5 Å². The summed E-state index contributed by atoms with van der Waals surface area (Å²) in [5.74, 6) is 0.119. The number of piperazine rings is 2. The lowest BCUT2D eigenvalue weighted by Gasteiger charge is -2.41. The summed E-state index contributed by atoms with van der Waals surface area (Å²) in [4.78, 5) is 23.1. The van der Waals surface area contributed by atoms with Crippen LogP contribution in [0.2, 0.25) is 0 Å². The molecule has 1 atom stereocenters. The molecule has 2 aliphatic rings. The number of nitrogens with one attached hydrogen (secondary N) is 1. The summed E-state index contributed by atoms with van der Waals surface area (Å²) in [7, 11) is 0. The van der Waals surface area contributed by atoms with Crippen LogP contribution in [0.1, 0.15) is 39.5 Å². The van der Waals surface area contributed by atoms with Crippen molar-refractivity contribution in [1.29, 1.82) is 5.26 Å². The Kier molecular flexibility index (Phi) is 7.38.